The van der Waals surface area contributed by atoms with E-state index in [1.54, 1.807) is 0 Å². The second-order valence-electron chi connectivity index (χ2n) is 9.06. The lowest BCUT2D eigenvalue weighted by molar-refractivity contribution is 0.0521. The molecule has 5 heteroatoms. The molecule has 154 valence electrons. The second kappa shape index (κ2) is 8.21. The SMILES string of the molecule is c1cc2c(cc1C1(CNC3CCCC3C3COCCN3)CCCC1)OCCO2. The van der Waals surface area contributed by atoms with Crippen molar-refractivity contribution in [2.24, 2.45) is 5.92 Å². The van der Waals surface area contributed by atoms with E-state index in [0.29, 0.717) is 31.2 Å². The van der Waals surface area contributed by atoms with Gasteiger partial charge in [0, 0.05) is 30.6 Å². The van der Waals surface area contributed by atoms with E-state index < -0.39 is 0 Å². The first-order valence-corrected chi connectivity index (χ1v) is 11.3. The van der Waals surface area contributed by atoms with E-state index >= 15 is 0 Å². The van der Waals surface area contributed by atoms with Crippen LogP contribution < -0.4 is 20.1 Å². The third kappa shape index (κ3) is 3.64. The molecule has 5 nitrogen and oxygen atoms in total. The summed E-state index contributed by atoms with van der Waals surface area (Å²) in [7, 11) is 0. The normalized spacial score (nSPS) is 31.8. The molecule has 1 aromatic carbocycles. The van der Waals surface area contributed by atoms with Gasteiger partial charge in [0.2, 0.25) is 0 Å². The van der Waals surface area contributed by atoms with E-state index in [1.807, 2.05) is 0 Å². The van der Waals surface area contributed by atoms with Gasteiger partial charge >= 0.3 is 0 Å². The van der Waals surface area contributed by atoms with Gasteiger partial charge in [0.05, 0.1) is 13.2 Å². The minimum Gasteiger partial charge on any atom is -0.486 e. The molecule has 2 N–H and O–H groups in total. The van der Waals surface area contributed by atoms with E-state index in [-0.39, 0.29) is 5.41 Å². The molecular formula is C23H34N2O3. The van der Waals surface area contributed by atoms with Gasteiger partial charge in [-0.05, 0) is 49.3 Å². The van der Waals surface area contributed by atoms with Crippen LogP contribution in [0.15, 0.2) is 18.2 Å². The lowest BCUT2D eigenvalue weighted by Crippen LogP contribution is -2.52. The zero-order valence-electron chi connectivity index (χ0n) is 16.9. The number of benzene rings is 1. The minimum absolute atomic E-state index is 0.236. The van der Waals surface area contributed by atoms with Crippen LogP contribution >= 0.6 is 0 Å². The summed E-state index contributed by atoms with van der Waals surface area (Å²) in [5, 5.41) is 7.72. The van der Waals surface area contributed by atoms with Crippen molar-refractivity contribution in [3.05, 3.63) is 23.8 Å². The first-order valence-electron chi connectivity index (χ1n) is 11.3. The molecule has 3 unspecified atom stereocenters. The maximum atomic E-state index is 5.88. The lowest BCUT2D eigenvalue weighted by Gasteiger charge is -2.36. The molecule has 1 saturated heterocycles. The molecule has 4 aliphatic rings. The molecule has 0 amide bonds. The van der Waals surface area contributed by atoms with E-state index in [9.17, 15) is 0 Å². The smallest absolute Gasteiger partial charge is 0.161 e. The van der Waals surface area contributed by atoms with Crippen molar-refractivity contribution in [3.63, 3.8) is 0 Å². The summed E-state index contributed by atoms with van der Waals surface area (Å²) in [5.74, 6) is 2.52. The average Bonchev–Trinajstić information content (AvgIpc) is 3.43. The van der Waals surface area contributed by atoms with Gasteiger partial charge < -0.3 is 24.8 Å². The fraction of sp³-hybridized carbons (Fsp3) is 0.739. The largest absolute Gasteiger partial charge is 0.486 e. The Bertz CT molecular complexity index is 668. The second-order valence-corrected chi connectivity index (χ2v) is 9.06. The summed E-state index contributed by atoms with van der Waals surface area (Å²) in [6.45, 7) is 5.10. The summed E-state index contributed by atoms with van der Waals surface area (Å²) in [4.78, 5) is 0. The van der Waals surface area contributed by atoms with Crippen LogP contribution in [0, 0.1) is 5.92 Å². The molecule has 2 saturated carbocycles. The van der Waals surface area contributed by atoms with Gasteiger partial charge in [-0.25, -0.2) is 0 Å². The molecular weight excluding hydrogens is 352 g/mol. The van der Waals surface area contributed by atoms with Crippen molar-refractivity contribution in [1.82, 2.24) is 10.6 Å². The zero-order chi connectivity index (χ0) is 18.8. The Labute approximate surface area is 168 Å². The van der Waals surface area contributed by atoms with E-state index in [2.05, 4.69) is 28.8 Å². The molecule has 3 atom stereocenters. The van der Waals surface area contributed by atoms with Gasteiger partial charge in [0.1, 0.15) is 13.2 Å². The summed E-state index contributed by atoms with van der Waals surface area (Å²) in [6, 6.07) is 7.77. The van der Waals surface area contributed by atoms with Crippen LogP contribution in [-0.2, 0) is 10.2 Å². The van der Waals surface area contributed by atoms with Crippen molar-refractivity contribution >= 4 is 0 Å². The first kappa shape index (κ1) is 18.7. The highest BCUT2D eigenvalue weighted by molar-refractivity contribution is 5.46. The number of hydrogen-bond donors (Lipinski definition) is 2. The van der Waals surface area contributed by atoms with Crippen molar-refractivity contribution in [1.29, 1.82) is 0 Å². The third-order valence-electron chi connectivity index (χ3n) is 7.45. The summed E-state index contributed by atoms with van der Waals surface area (Å²) >= 11 is 0. The molecule has 1 aromatic rings. The van der Waals surface area contributed by atoms with Crippen LogP contribution in [0.4, 0.5) is 0 Å². The van der Waals surface area contributed by atoms with Gasteiger partial charge in [-0.3, -0.25) is 0 Å². The fourth-order valence-corrected chi connectivity index (χ4v) is 5.90. The molecule has 2 aliphatic heterocycles. The fourth-order valence-electron chi connectivity index (χ4n) is 5.90. The van der Waals surface area contributed by atoms with Crippen LogP contribution in [0.5, 0.6) is 11.5 Å². The van der Waals surface area contributed by atoms with Gasteiger partial charge in [-0.2, -0.15) is 0 Å². The predicted molar refractivity (Wildman–Crippen MR) is 109 cm³/mol. The number of hydrogen-bond acceptors (Lipinski definition) is 5. The predicted octanol–water partition coefficient (Wildman–Crippen LogP) is 3.02. The van der Waals surface area contributed by atoms with Crippen molar-refractivity contribution in [2.45, 2.75) is 62.4 Å². The van der Waals surface area contributed by atoms with Gasteiger partial charge in [0.25, 0.3) is 0 Å². The Morgan fingerprint density at radius 3 is 2.68 bits per heavy atom. The Morgan fingerprint density at radius 1 is 1.00 bits per heavy atom. The van der Waals surface area contributed by atoms with Gasteiger partial charge in [-0.15, -0.1) is 0 Å². The molecule has 3 fully saturated rings. The molecule has 0 radical (unpaired) electrons. The topological polar surface area (TPSA) is 51.8 Å². The Kier molecular flexibility index (Phi) is 5.49. The quantitative estimate of drug-likeness (QED) is 0.815. The average molecular weight is 387 g/mol. The molecule has 0 spiro atoms. The van der Waals surface area contributed by atoms with Crippen LogP contribution in [0.1, 0.15) is 50.5 Å². The number of ether oxygens (including phenoxy) is 3. The van der Waals surface area contributed by atoms with Gasteiger partial charge in [-0.1, -0.05) is 25.3 Å². The summed E-state index contributed by atoms with van der Waals surface area (Å²) in [5.41, 5.74) is 1.66. The summed E-state index contributed by atoms with van der Waals surface area (Å²) < 4.78 is 17.4. The number of fused-ring (bicyclic) bond motifs is 1. The highest BCUT2D eigenvalue weighted by Gasteiger charge is 2.39. The molecule has 0 aromatic heterocycles. The van der Waals surface area contributed by atoms with Crippen molar-refractivity contribution in [3.8, 4) is 11.5 Å². The van der Waals surface area contributed by atoms with Crippen LogP contribution in [0.3, 0.4) is 0 Å². The molecule has 28 heavy (non-hydrogen) atoms. The van der Waals surface area contributed by atoms with Crippen LogP contribution in [0.25, 0.3) is 0 Å². The summed E-state index contributed by atoms with van der Waals surface area (Å²) in [6.07, 6.45) is 9.11. The number of morpholine rings is 1. The minimum atomic E-state index is 0.236. The maximum Gasteiger partial charge on any atom is 0.161 e. The maximum absolute atomic E-state index is 5.88. The number of rotatable bonds is 5. The molecule has 0 bridgehead atoms. The molecule has 5 rings (SSSR count). The lowest BCUT2D eigenvalue weighted by atomic mass is 9.78. The zero-order valence-corrected chi connectivity index (χ0v) is 16.9. The monoisotopic (exact) mass is 386 g/mol. The van der Waals surface area contributed by atoms with Crippen LogP contribution in [-0.4, -0.2) is 51.6 Å². The number of nitrogens with one attached hydrogen (secondary N) is 2. The standard InChI is InChI=1S/C23H34N2O3/c1-2-9-23(8-1,17-6-7-21-22(14-17)28-13-12-27-21)16-25-19-5-3-4-18(19)20-15-26-11-10-24-20/h6-7,14,18-20,24-25H,1-5,8-13,15-16H2. The highest BCUT2D eigenvalue weighted by atomic mass is 16.6. The van der Waals surface area contributed by atoms with Crippen molar-refractivity contribution < 1.29 is 14.2 Å². The molecule has 2 aliphatic carbocycles. The van der Waals surface area contributed by atoms with E-state index in [0.717, 1.165) is 37.8 Å². The third-order valence-corrected chi connectivity index (χ3v) is 7.45. The van der Waals surface area contributed by atoms with E-state index in [1.165, 1.54) is 50.5 Å². The first-order chi connectivity index (χ1) is 13.8. The van der Waals surface area contributed by atoms with Crippen molar-refractivity contribution in [2.75, 3.05) is 39.5 Å². The van der Waals surface area contributed by atoms with E-state index in [4.69, 9.17) is 14.2 Å². The van der Waals surface area contributed by atoms with Gasteiger partial charge in [0.15, 0.2) is 11.5 Å². The Morgan fingerprint density at radius 2 is 1.86 bits per heavy atom. The Hall–Kier alpha value is -1.30. The highest BCUT2D eigenvalue weighted by Crippen LogP contribution is 2.44. The molecule has 2 heterocycles. The van der Waals surface area contributed by atoms with Crippen LogP contribution in [0.2, 0.25) is 0 Å². The Balaban J connectivity index is 1.30.